The Morgan fingerprint density at radius 1 is 1.19 bits per heavy atom. The van der Waals surface area contributed by atoms with Crippen molar-refractivity contribution in [1.29, 1.82) is 0 Å². The van der Waals surface area contributed by atoms with E-state index in [9.17, 15) is 4.79 Å². The molecule has 0 spiro atoms. The molecule has 1 heterocycles. The highest BCUT2D eigenvalue weighted by Gasteiger charge is 2.25. The van der Waals surface area contributed by atoms with Crippen LogP contribution >= 0.6 is 11.6 Å². The summed E-state index contributed by atoms with van der Waals surface area (Å²) in [6.45, 7) is 7.24. The monoisotopic (exact) mass is 309 g/mol. The molecule has 1 amide bonds. The number of amides is 1. The summed E-state index contributed by atoms with van der Waals surface area (Å²) in [4.78, 5) is 14.0. The average Bonchev–Trinajstić information content (AvgIpc) is 2.63. The molecule has 4 heteroatoms. The van der Waals surface area contributed by atoms with Crippen molar-refractivity contribution in [2.24, 2.45) is 0 Å². The predicted octanol–water partition coefficient (Wildman–Crippen LogP) is 4.84. The number of benzene rings is 1. The Bertz CT molecular complexity index is 479. The normalized spacial score (nSPS) is 20.0. The average molecular weight is 310 g/mol. The Labute approximate surface area is 132 Å². The zero-order valence-electron chi connectivity index (χ0n) is 13.1. The molecule has 3 nitrogen and oxygen atoms in total. The number of likely N-dealkylation sites (tertiary alicyclic amines) is 1. The van der Waals surface area contributed by atoms with E-state index in [0.717, 1.165) is 37.4 Å². The van der Waals surface area contributed by atoms with Gasteiger partial charge in [0, 0.05) is 18.1 Å². The van der Waals surface area contributed by atoms with Gasteiger partial charge >= 0.3 is 6.09 Å². The van der Waals surface area contributed by atoms with Crippen molar-refractivity contribution in [3.8, 4) is 0 Å². The lowest BCUT2D eigenvalue weighted by atomic mass is 9.92. The first-order chi connectivity index (χ1) is 9.85. The van der Waals surface area contributed by atoms with Crippen LogP contribution in [0.15, 0.2) is 24.3 Å². The van der Waals surface area contributed by atoms with E-state index in [4.69, 9.17) is 16.3 Å². The fourth-order valence-corrected chi connectivity index (χ4v) is 2.80. The second kappa shape index (κ2) is 6.69. The Morgan fingerprint density at radius 2 is 1.86 bits per heavy atom. The lowest BCUT2D eigenvalue weighted by Crippen LogP contribution is -2.37. The summed E-state index contributed by atoms with van der Waals surface area (Å²) in [5, 5.41) is 0.766. The van der Waals surface area contributed by atoms with Crippen LogP contribution in [0.2, 0.25) is 5.02 Å². The SMILES string of the molecule is CC(C)(C)OC(=O)N1CCCC(c2ccc(Cl)cc2)CC1. The number of carbonyl (C=O) groups is 1. The molecule has 0 aromatic heterocycles. The van der Waals surface area contributed by atoms with Gasteiger partial charge in [-0.3, -0.25) is 0 Å². The maximum Gasteiger partial charge on any atom is 0.410 e. The molecule has 1 aliphatic rings. The number of hydrogen-bond donors (Lipinski definition) is 0. The standard InChI is InChI=1S/C17H24ClNO2/c1-17(2,3)21-16(20)19-11-4-5-13(10-12-19)14-6-8-15(18)9-7-14/h6-9,13H,4-5,10-12H2,1-3H3. The summed E-state index contributed by atoms with van der Waals surface area (Å²) in [6, 6.07) is 8.06. The van der Waals surface area contributed by atoms with Gasteiger partial charge in [-0.1, -0.05) is 23.7 Å². The zero-order chi connectivity index (χ0) is 15.5. The van der Waals surface area contributed by atoms with Gasteiger partial charge in [0.25, 0.3) is 0 Å². The first kappa shape index (κ1) is 16.2. The van der Waals surface area contributed by atoms with Crippen molar-refractivity contribution in [1.82, 2.24) is 4.90 Å². The molecular weight excluding hydrogens is 286 g/mol. The molecule has 0 saturated carbocycles. The van der Waals surface area contributed by atoms with Crippen LogP contribution in [-0.4, -0.2) is 29.7 Å². The Kier molecular flexibility index (Phi) is 5.15. The van der Waals surface area contributed by atoms with Crippen molar-refractivity contribution in [3.63, 3.8) is 0 Å². The topological polar surface area (TPSA) is 29.5 Å². The number of nitrogens with zero attached hydrogens (tertiary/aromatic N) is 1. The van der Waals surface area contributed by atoms with Crippen LogP contribution in [-0.2, 0) is 4.74 Å². The van der Waals surface area contributed by atoms with E-state index < -0.39 is 5.60 Å². The molecule has 1 aromatic rings. The molecule has 1 aromatic carbocycles. The lowest BCUT2D eigenvalue weighted by molar-refractivity contribution is 0.0256. The van der Waals surface area contributed by atoms with Crippen LogP contribution in [0.4, 0.5) is 4.79 Å². The Morgan fingerprint density at radius 3 is 2.48 bits per heavy atom. The van der Waals surface area contributed by atoms with Crippen molar-refractivity contribution in [3.05, 3.63) is 34.9 Å². The summed E-state index contributed by atoms with van der Waals surface area (Å²) >= 11 is 5.94. The third kappa shape index (κ3) is 4.92. The molecule has 0 radical (unpaired) electrons. The van der Waals surface area contributed by atoms with Gasteiger partial charge in [0.1, 0.15) is 5.60 Å². The van der Waals surface area contributed by atoms with Crippen molar-refractivity contribution < 1.29 is 9.53 Å². The van der Waals surface area contributed by atoms with Gasteiger partial charge in [-0.25, -0.2) is 4.79 Å². The molecule has 0 aliphatic carbocycles. The third-order valence-electron chi connectivity index (χ3n) is 3.72. The summed E-state index contributed by atoms with van der Waals surface area (Å²) in [5.74, 6) is 0.495. The second-order valence-electron chi connectivity index (χ2n) is 6.65. The Hall–Kier alpha value is -1.22. The van der Waals surface area contributed by atoms with Gasteiger partial charge in [-0.05, 0) is 63.6 Å². The summed E-state index contributed by atoms with van der Waals surface area (Å²) in [7, 11) is 0. The minimum Gasteiger partial charge on any atom is -0.444 e. The maximum atomic E-state index is 12.1. The minimum absolute atomic E-state index is 0.195. The molecule has 0 N–H and O–H groups in total. The highest BCUT2D eigenvalue weighted by molar-refractivity contribution is 6.30. The van der Waals surface area contributed by atoms with Gasteiger partial charge in [0.2, 0.25) is 0 Å². The minimum atomic E-state index is -0.432. The van der Waals surface area contributed by atoms with Gasteiger partial charge in [-0.15, -0.1) is 0 Å². The molecule has 116 valence electrons. The number of hydrogen-bond acceptors (Lipinski definition) is 2. The largest absolute Gasteiger partial charge is 0.444 e. The fourth-order valence-electron chi connectivity index (χ4n) is 2.67. The summed E-state index contributed by atoms with van der Waals surface area (Å²) in [6.07, 6.45) is 2.88. The van der Waals surface area contributed by atoms with E-state index in [1.54, 1.807) is 0 Å². The van der Waals surface area contributed by atoms with E-state index in [1.165, 1.54) is 5.56 Å². The molecule has 1 fully saturated rings. The number of carbonyl (C=O) groups excluding carboxylic acids is 1. The van der Waals surface area contributed by atoms with Crippen LogP contribution in [0.25, 0.3) is 0 Å². The molecule has 1 aliphatic heterocycles. The van der Waals surface area contributed by atoms with Gasteiger partial charge in [-0.2, -0.15) is 0 Å². The van der Waals surface area contributed by atoms with Crippen LogP contribution in [0, 0.1) is 0 Å². The van der Waals surface area contributed by atoms with Crippen molar-refractivity contribution in [2.75, 3.05) is 13.1 Å². The van der Waals surface area contributed by atoms with Crippen LogP contribution in [0.3, 0.4) is 0 Å². The van der Waals surface area contributed by atoms with Crippen molar-refractivity contribution >= 4 is 17.7 Å². The first-order valence-electron chi connectivity index (χ1n) is 7.58. The quantitative estimate of drug-likeness (QED) is 0.742. The predicted molar refractivity (Wildman–Crippen MR) is 85.9 cm³/mol. The molecular formula is C17H24ClNO2. The third-order valence-corrected chi connectivity index (χ3v) is 3.97. The van der Waals surface area contributed by atoms with Crippen LogP contribution < -0.4 is 0 Å². The highest BCUT2D eigenvalue weighted by atomic mass is 35.5. The van der Waals surface area contributed by atoms with Crippen LogP contribution in [0.1, 0.15) is 51.5 Å². The molecule has 21 heavy (non-hydrogen) atoms. The Balaban J connectivity index is 1.95. The zero-order valence-corrected chi connectivity index (χ0v) is 13.8. The highest BCUT2D eigenvalue weighted by Crippen LogP contribution is 2.29. The number of rotatable bonds is 1. The molecule has 0 bridgehead atoms. The van der Waals surface area contributed by atoms with Crippen LogP contribution in [0.5, 0.6) is 0 Å². The fraction of sp³-hybridized carbons (Fsp3) is 0.588. The molecule has 1 unspecified atom stereocenters. The number of halogens is 1. The summed E-state index contributed by atoms with van der Waals surface area (Å²) in [5.41, 5.74) is 0.879. The molecule has 1 saturated heterocycles. The van der Waals surface area contributed by atoms with E-state index >= 15 is 0 Å². The maximum absolute atomic E-state index is 12.1. The summed E-state index contributed by atoms with van der Waals surface area (Å²) < 4.78 is 5.46. The smallest absolute Gasteiger partial charge is 0.410 e. The van der Waals surface area contributed by atoms with Crippen molar-refractivity contribution in [2.45, 2.75) is 51.6 Å². The van der Waals surface area contributed by atoms with E-state index in [2.05, 4.69) is 12.1 Å². The van der Waals surface area contributed by atoms with Gasteiger partial charge < -0.3 is 9.64 Å². The lowest BCUT2D eigenvalue weighted by Gasteiger charge is -2.26. The molecule has 2 rings (SSSR count). The second-order valence-corrected chi connectivity index (χ2v) is 7.08. The van der Waals surface area contributed by atoms with E-state index in [0.29, 0.717) is 5.92 Å². The van der Waals surface area contributed by atoms with Gasteiger partial charge in [0.05, 0.1) is 0 Å². The van der Waals surface area contributed by atoms with E-state index in [1.807, 2.05) is 37.8 Å². The molecule has 1 atom stereocenters. The van der Waals surface area contributed by atoms with E-state index in [-0.39, 0.29) is 6.09 Å². The van der Waals surface area contributed by atoms with Gasteiger partial charge in [0.15, 0.2) is 0 Å². The first-order valence-corrected chi connectivity index (χ1v) is 7.96. The number of ether oxygens (including phenoxy) is 1.